The summed E-state index contributed by atoms with van der Waals surface area (Å²) in [5.74, 6) is 0.557. The average Bonchev–Trinajstić information content (AvgIpc) is 2.62. The van der Waals surface area contributed by atoms with E-state index in [1.165, 1.54) is 19.3 Å². The van der Waals surface area contributed by atoms with Crippen molar-refractivity contribution < 1.29 is 4.79 Å². The van der Waals surface area contributed by atoms with Crippen LogP contribution in [0.5, 0.6) is 0 Å². The lowest BCUT2D eigenvalue weighted by molar-refractivity contribution is -0.117. The number of nitrogens with one attached hydrogen (secondary N) is 1. The van der Waals surface area contributed by atoms with Crippen molar-refractivity contribution in [2.75, 3.05) is 6.54 Å². The lowest BCUT2D eigenvalue weighted by Gasteiger charge is -2.24. The van der Waals surface area contributed by atoms with Crippen molar-refractivity contribution in [3.05, 3.63) is 12.2 Å². The molecule has 0 aromatic rings. The van der Waals surface area contributed by atoms with Crippen LogP contribution in [0.4, 0.5) is 0 Å². The molecule has 0 radical (unpaired) electrons. The molecule has 2 unspecified atom stereocenters. The van der Waals surface area contributed by atoms with E-state index in [0.717, 1.165) is 5.92 Å². The Morgan fingerprint density at radius 2 is 2.54 bits per heavy atom. The van der Waals surface area contributed by atoms with Gasteiger partial charge in [0.05, 0.1) is 0 Å². The van der Waals surface area contributed by atoms with Gasteiger partial charge >= 0.3 is 0 Å². The summed E-state index contributed by atoms with van der Waals surface area (Å²) in [4.78, 5) is 10.5. The minimum atomic E-state index is -0.222. The number of nitrogens with two attached hydrogens (primary N) is 1. The number of fused-ring (bicyclic) bond motifs is 2. The van der Waals surface area contributed by atoms with Crippen molar-refractivity contribution in [3.8, 4) is 0 Å². The number of amides is 1. The fraction of sp³-hybridized carbons (Fsp3) is 0.700. The highest BCUT2D eigenvalue weighted by molar-refractivity contribution is 5.73. The molecule has 0 spiro atoms. The van der Waals surface area contributed by atoms with Crippen LogP contribution >= 0.6 is 0 Å². The average molecular weight is 180 g/mol. The van der Waals surface area contributed by atoms with Gasteiger partial charge in [-0.2, -0.15) is 0 Å². The van der Waals surface area contributed by atoms with Gasteiger partial charge in [0.25, 0.3) is 0 Å². The Balaban J connectivity index is 1.81. The molecule has 13 heavy (non-hydrogen) atoms. The van der Waals surface area contributed by atoms with E-state index in [-0.39, 0.29) is 11.4 Å². The highest BCUT2D eigenvalue weighted by Gasteiger charge is 2.39. The molecule has 3 nitrogen and oxygen atoms in total. The summed E-state index contributed by atoms with van der Waals surface area (Å²) < 4.78 is 0. The number of carbonyl (C=O) groups excluding carboxylic acids is 1. The highest BCUT2D eigenvalue weighted by Crippen LogP contribution is 2.42. The Morgan fingerprint density at radius 3 is 3.00 bits per heavy atom. The van der Waals surface area contributed by atoms with Crippen molar-refractivity contribution in [2.24, 2.45) is 11.7 Å². The van der Waals surface area contributed by atoms with Crippen LogP contribution in [-0.2, 0) is 4.79 Å². The Bertz CT molecular complexity index is 249. The van der Waals surface area contributed by atoms with Gasteiger partial charge in [-0.05, 0) is 25.2 Å². The first-order valence-electron chi connectivity index (χ1n) is 4.93. The van der Waals surface area contributed by atoms with Crippen molar-refractivity contribution >= 4 is 5.91 Å². The summed E-state index contributed by atoms with van der Waals surface area (Å²) in [6.45, 7) is 0.715. The number of allylic oxidation sites excluding steroid dienone is 1. The third-order valence-electron chi connectivity index (χ3n) is 3.12. The van der Waals surface area contributed by atoms with E-state index in [9.17, 15) is 4.79 Å². The van der Waals surface area contributed by atoms with Crippen LogP contribution in [0.15, 0.2) is 12.2 Å². The Kier molecular flexibility index (Phi) is 2.12. The first kappa shape index (κ1) is 8.75. The first-order chi connectivity index (χ1) is 6.20. The van der Waals surface area contributed by atoms with Gasteiger partial charge in [-0.3, -0.25) is 4.79 Å². The van der Waals surface area contributed by atoms with Crippen molar-refractivity contribution in [2.45, 2.75) is 31.2 Å². The molecule has 2 bridgehead atoms. The van der Waals surface area contributed by atoms with Crippen LogP contribution in [0.2, 0.25) is 0 Å². The minimum absolute atomic E-state index is 0.208. The monoisotopic (exact) mass is 180 g/mol. The lowest BCUT2D eigenvalue weighted by Crippen LogP contribution is -2.41. The van der Waals surface area contributed by atoms with Crippen LogP contribution in [0.1, 0.15) is 25.7 Å². The molecule has 1 amide bonds. The third kappa shape index (κ3) is 1.75. The second kappa shape index (κ2) is 3.14. The lowest BCUT2D eigenvalue weighted by atomic mass is 9.99. The number of hydrogen-bond acceptors (Lipinski definition) is 2. The summed E-state index contributed by atoms with van der Waals surface area (Å²) in [7, 11) is 0. The topological polar surface area (TPSA) is 55.1 Å². The van der Waals surface area contributed by atoms with E-state index in [4.69, 9.17) is 5.73 Å². The third-order valence-corrected chi connectivity index (χ3v) is 3.12. The van der Waals surface area contributed by atoms with Gasteiger partial charge < -0.3 is 11.1 Å². The molecule has 2 rings (SSSR count). The maximum absolute atomic E-state index is 10.5. The number of primary amides is 1. The predicted octanol–water partition coefficient (Wildman–Crippen LogP) is 0.560. The summed E-state index contributed by atoms with van der Waals surface area (Å²) in [6, 6.07) is 0. The standard InChI is InChI=1S/C10H16N2O/c11-9(13)3-6-12-10-4-1-8(7-10)2-5-10/h1,4,8,12H,2-3,5-7H2,(H2,11,13). The van der Waals surface area contributed by atoms with Crippen LogP contribution in [0.25, 0.3) is 0 Å². The maximum atomic E-state index is 10.5. The quantitative estimate of drug-likeness (QED) is 0.621. The number of rotatable bonds is 4. The van der Waals surface area contributed by atoms with Crippen LogP contribution < -0.4 is 11.1 Å². The fourth-order valence-corrected chi connectivity index (χ4v) is 2.40. The Morgan fingerprint density at radius 1 is 1.69 bits per heavy atom. The Hall–Kier alpha value is -0.830. The fourth-order valence-electron chi connectivity index (χ4n) is 2.40. The normalized spacial score (nSPS) is 35.5. The molecule has 2 aliphatic carbocycles. The van der Waals surface area contributed by atoms with E-state index in [1.54, 1.807) is 0 Å². The molecule has 2 atom stereocenters. The van der Waals surface area contributed by atoms with Crippen molar-refractivity contribution in [3.63, 3.8) is 0 Å². The van der Waals surface area contributed by atoms with E-state index in [1.807, 2.05) is 0 Å². The van der Waals surface area contributed by atoms with E-state index >= 15 is 0 Å². The maximum Gasteiger partial charge on any atom is 0.218 e. The van der Waals surface area contributed by atoms with Gasteiger partial charge in [0.15, 0.2) is 0 Å². The predicted molar refractivity (Wildman–Crippen MR) is 51.0 cm³/mol. The summed E-state index contributed by atoms with van der Waals surface area (Å²) in [6.07, 6.45) is 8.72. The van der Waals surface area contributed by atoms with Gasteiger partial charge in [-0.15, -0.1) is 0 Å². The molecule has 1 saturated carbocycles. The number of carbonyl (C=O) groups is 1. The second-order valence-corrected chi connectivity index (χ2v) is 4.16. The molecule has 0 aromatic carbocycles. The zero-order valence-electron chi connectivity index (χ0n) is 7.75. The molecular weight excluding hydrogens is 164 g/mol. The molecule has 72 valence electrons. The number of hydrogen-bond donors (Lipinski definition) is 2. The first-order valence-corrected chi connectivity index (χ1v) is 4.93. The molecule has 3 heteroatoms. The zero-order chi connectivity index (χ0) is 9.31. The summed E-state index contributed by atoms with van der Waals surface area (Å²) in [5, 5.41) is 3.43. The van der Waals surface area contributed by atoms with Gasteiger partial charge in [0.2, 0.25) is 5.91 Å². The van der Waals surface area contributed by atoms with Crippen LogP contribution in [-0.4, -0.2) is 18.0 Å². The Labute approximate surface area is 78.4 Å². The van der Waals surface area contributed by atoms with Crippen molar-refractivity contribution in [1.29, 1.82) is 0 Å². The second-order valence-electron chi connectivity index (χ2n) is 4.16. The smallest absolute Gasteiger partial charge is 0.218 e. The SMILES string of the molecule is NC(=O)CCNC12C=CC(CC1)C2. The van der Waals surface area contributed by atoms with Crippen LogP contribution in [0.3, 0.4) is 0 Å². The van der Waals surface area contributed by atoms with E-state index < -0.39 is 0 Å². The zero-order valence-corrected chi connectivity index (χ0v) is 7.75. The summed E-state index contributed by atoms with van der Waals surface area (Å²) >= 11 is 0. The largest absolute Gasteiger partial charge is 0.370 e. The van der Waals surface area contributed by atoms with E-state index in [0.29, 0.717) is 13.0 Å². The molecule has 3 N–H and O–H groups in total. The van der Waals surface area contributed by atoms with Gasteiger partial charge in [0, 0.05) is 18.5 Å². The van der Waals surface area contributed by atoms with Crippen molar-refractivity contribution in [1.82, 2.24) is 5.32 Å². The van der Waals surface area contributed by atoms with Gasteiger partial charge in [0.1, 0.15) is 0 Å². The van der Waals surface area contributed by atoms with Gasteiger partial charge in [-0.1, -0.05) is 12.2 Å². The highest BCUT2D eigenvalue weighted by atomic mass is 16.1. The summed E-state index contributed by atoms with van der Waals surface area (Å²) in [5.41, 5.74) is 5.28. The molecule has 0 aromatic heterocycles. The molecule has 2 aliphatic rings. The molecular formula is C10H16N2O. The molecule has 1 fully saturated rings. The van der Waals surface area contributed by atoms with E-state index in [2.05, 4.69) is 17.5 Å². The molecule has 0 saturated heterocycles. The molecule has 0 aliphatic heterocycles. The van der Waals surface area contributed by atoms with Crippen LogP contribution in [0, 0.1) is 5.92 Å². The minimum Gasteiger partial charge on any atom is -0.370 e. The molecule has 0 heterocycles. The van der Waals surface area contributed by atoms with Gasteiger partial charge in [-0.25, -0.2) is 0 Å².